The standard InChI is InChI=1S/C16H20N4OS2/c1-11-17-16(23-18-11)19-6-2-12(3-7-19)15(21)20-8-4-14-13(10-20)5-9-22-14/h5,9,12H,2-4,6-8,10H2,1H3. The number of hydrogen-bond acceptors (Lipinski definition) is 6. The van der Waals surface area contributed by atoms with Gasteiger partial charge in [0.1, 0.15) is 5.82 Å². The van der Waals surface area contributed by atoms with Gasteiger partial charge in [-0.3, -0.25) is 4.79 Å². The lowest BCUT2D eigenvalue weighted by Gasteiger charge is -2.35. The highest BCUT2D eigenvalue weighted by Gasteiger charge is 2.31. The molecular weight excluding hydrogens is 328 g/mol. The fourth-order valence-corrected chi connectivity index (χ4v) is 5.04. The fraction of sp³-hybridized carbons (Fsp3) is 0.562. The summed E-state index contributed by atoms with van der Waals surface area (Å²) in [7, 11) is 0. The number of aromatic nitrogens is 2. The molecular formula is C16H20N4OS2. The fourth-order valence-electron chi connectivity index (χ4n) is 3.43. The summed E-state index contributed by atoms with van der Waals surface area (Å²) in [5.41, 5.74) is 1.34. The van der Waals surface area contributed by atoms with Crippen LogP contribution in [0.5, 0.6) is 0 Å². The van der Waals surface area contributed by atoms with E-state index in [2.05, 4.69) is 30.6 Å². The first-order chi connectivity index (χ1) is 11.2. The summed E-state index contributed by atoms with van der Waals surface area (Å²) in [4.78, 5) is 23.0. The van der Waals surface area contributed by atoms with Gasteiger partial charge in [-0.2, -0.15) is 4.37 Å². The highest BCUT2D eigenvalue weighted by molar-refractivity contribution is 7.10. The van der Waals surface area contributed by atoms with Crippen molar-refractivity contribution in [2.24, 2.45) is 5.92 Å². The molecule has 1 amide bonds. The van der Waals surface area contributed by atoms with Crippen LogP contribution >= 0.6 is 22.9 Å². The van der Waals surface area contributed by atoms with Gasteiger partial charge >= 0.3 is 0 Å². The average molecular weight is 348 g/mol. The second kappa shape index (κ2) is 6.20. The summed E-state index contributed by atoms with van der Waals surface area (Å²) in [5.74, 6) is 1.35. The molecule has 0 radical (unpaired) electrons. The Morgan fingerprint density at radius 1 is 1.30 bits per heavy atom. The van der Waals surface area contributed by atoms with Gasteiger partial charge in [0.25, 0.3) is 0 Å². The molecule has 2 aliphatic rings. The average Bonchev–Trinajstić information content (AvgIpc) is 3.22. The normalized spacial score (nSPS) is 19.0. The smallest absolute Gasteiger partial charge is 0.226 e. The van der Waals surface area contributed by atoms with Crippen molar-refractivity contribution in [2.45, 2.75) is 32.7 Å². The quantitative estimate of drug-likeness (QED) is 0.837. The van der Waals surface area contributed by atoms with Crippen LogP contribution in [0.25, 0.3) is 0 Å². The summed E-state index contributed by atoms with van der Waals surface area (Å²) in [5, 5.41) is 3.13. The Bertz CT molecular complexity index is 703. The lowest BCUT2D eigenvalue weighted by molar-refractivity contribution is -0.137. The van der Waals surface area contributed by atoms with Gasteiger partial charge in [-0.05, 0) is 43.2 Å². The molecule has 0 aromatic carbocycles. The van der Waals surface area contributed by atoms with Crippen LogP contribution in [0, 0.1) is 12.8 Å². The van der Waals surface area contributed by atoms with Gasteiger partial charge in [0, 0.05) is 48.5 Å². The van der Waals surface area contributed by atoms with Gasteiger partial charge in [0.2, 0.25) is 11.0 Å². The Balaban J connectivity index is 1.36. The third kappa shape index (κ3) is 2.99. The molecule has 2 aliphatic heterocycles. The summed E-state index contributed by atoms with van der Waals surface area (Å²) in [6, 6.07) is 2.17. The number of carbonyl (C=O) groups is 1. The Morgan fingerprint density at radius 2 is 2.13 bits per heavy atom. The maximum atomic E-state index is 12.8. The number of carbonyl (C=O) groups excluding carboxylic acids is 1. The highest BCUT2D eigenvalue weighted by atomic mass is 32.1. The van der Waals surface area contributed by atoms with Crippen molar-refractivity contribution in [2.75, 3.05) is 24.5 Å². The number of rotatable bonds is 2. The molecule has 1 fully saturated rings. The minimum absolute atomic E-state index is 0.167. The van der Waals surface area contributed by atoms with Gasteiger partial charge in [0.05, 0.1) is 0 Å². The first-order valence-electron chi connectivity index (χ1n) is 8.10. The lowest BCUT2D eigenvalue weighted by Crippen LogP contribution is -2.44. The summed E-state index contributed by atoms with van der Waals surface area (Å²) in [6.07, 6.45) is 2.86. The first kappa shape index (κ1) is 15.1. The SMILES string of the molecule is Cc1nsc(N2CCC(C(=O)N3CCc4sccc4C3)CC2)n1. The predicted octanol–water partition coefficient (Wildman–Crippen LogP) is 2.71. The van der Waals surface area contributed by atoms with E-state index < -0.39 is 0 Å². The molecule has 1 saturated heterocycles. The minimum Gasteiger partial charge on any atom is -0.347 e. The van der Waals surface area contributed by atoms with E-state index in [4.69, 9.17) is 0 Å². The monoisotopic (exact) mass is 348 g/mol. The molecule has 0 unspecified atom stereocenters. The second-order valence-electron chi connectivity index (χ2n) is 6.26. The van der Waals surface area contributed by atoms with E-state index in [9.17, 15) is 4.79 Å². The maximum absolute atomic E-state index is 12.8. The number of hydrogen-bond donors (Lipinski definition) is 0. The Kier molecular flexibility index (Phi) is 4.07. The molecule has 5 nitrogen and oxygen atoms in total. The molecule has 0 bridgehead atoms. The molecule has 23 heavy (non-hydrogen) atoms. The number of fused-ring (bicyclic) bond motifs is 1. The van der Waals surface area contributed by atoms with Crippen molar-refractivity contribution in [3.63, 3.8) is 0 Å². The van der Waals surface area contributed by atoms with E-state index in [1.165, 1.54) is 22.0 Å². The van der Waals surface area contributed by atoms with Crippen LogP contribution < -0.4 is 4.90 Å². The third-order valence-corrected chi connectivity index (χ3v) is 6.64. The van der Waals surface area contributed by atoms with Gasteiger partial charge in [-0.15, -0.1) is 11.3 Å². The first-order valence-corrected chi connectivity index (χ1v) is 9.75. The zero-order valence-corrected chi connectivity index (χ0v) is 14.8. The van der Waals surface area contributed by atoms with Crippen molar-refractivity contribution in [3.8, 4) is 0 Å². The Labute approximate surface area is 144 Å². The van der Waals surface area contributed by atoms with E-state index >= 15 is 0 Å². The number of nitrogens with zero attached hydrogens (tertiary/aromatic N) is 4. The summed E-state index contributed by atoms with van der Waals surface area (Å²) < 4.78 is 4.25. The van der Waals surface area contributed by atoms with Gasteiger partial charge < -0.3 is 9.80 Å². The molecule has 0 saturated carbocycles. The van der Waals surface area contributed by atoms with Crippen molar-refractivity contribution in [1.82, 2.24) is 14.3 Å². The lowest BCUT2D eigenvalue weighted by atomic mass is 9.94. The van der Waals surface area contributed by atoms with Crippen LogP contribution in [0.15, 0.2) is 11.4 Å². The Hall–Kier alpha value is -1.47. The van der Waals surface area contributed by atoms with Crippen LogP contribution in [0.2, 0.25) is 0 Å². The van der Waals surface area contributed by atoms with Crippen LogP contribution in [-0.2, 0) is 17.8 Å². The van der Waals surface area contributed by atoms with Crippen LogP contribution in [-0.4, -0.2) is 39.8 Å². The highest BCUT2D eigenvalue weighted by Crippen LogP contribution is 2.29. The van der Waals surface area contributed by atoms with E-state index in [0.717, 1.165) is 56.4 Å². The summed E-state index contributed by atoms with van der Waals surface area (Å²) in [6.45, 7) is 5.41. The predicted molar refractivity (Wildman–Crippen MR) is 93.0 cm³/mol. The number of piperidine rings is 1. The molecule has 2 aromatic heterocycles. The molecule has 0 spiro atoms. The molecule has 4 rings (SSSR count). The van der Waals surface area contributed by atoms with Crippen molar-refractivity contribution in [3.05, 3.63) is 27.7 Å². The minimum atomic E-state index is 0.167. The molecule has 0 atom stereocenters. The van der Waals surface area contributed by atoms with E-state index in [0.29, 0.717) is 5.91 Å². The van der Waals surface area contributed by atoms with Gasteiger partial charge in [-0.25, -0.2) is 4.98 Å². The van der Waals surface area contributed by atoms with E-state index in [1.54, 1.807) is 0 Å². The van der Waals surface area contributed by atoms with Crippen LogP contribution in [0.4, 0.5) is 5.13 Å². The van der Waals surface area contributed by atoms with Crippen molar-refractivity contribution in [1.29, 1.82) is 0 Å². The molecule has 0 aliphatic carbocycles. The molecule has 0 N–H and O–H groups in total. The second-order valence-corrected chi connectivity index (χ2v) is 8.00. The molecule has 4 heterocycles. The van der Waals surface area contributed by atoms with E-state index in [-0.39, 0.29) is 5.92 Å². The zero-order valence-electron chi connectivity index (χ0n) is 13.2. The number of aryl methyl sites for hydroxylation is 1. The van der Waals surface area contributed by atoms with Crippen LogP contribution in [0.3, 0.4) is 0 Å². The maximum Gasteiger partial charge on any atom is 0.226 e. The van der Waals surface area contributed by atoms with Crippen molar-refractivity contribution < 1.29 is 4.79 Å². The number of amides is 1. The number of anilines is 1. The molecule has 7 heteroatoms. The largest absolute Gasteiger partial charge is 0.347 e. The molecule has 2 aromatic rings. The zero-order chi connectivity index (χ0) is 15.8. The third-order valence-electron chi connectivity index (χ3n) is 4.75. The topological polar surface area (TPSA) is 49.3 Å². The van der Waals surface area contributed by atoms with Crippen LogP contribution in [0.1, 0.15) is 29.1 Å². The Morgan fingerprint density at radius 3 is 2.87 bits per heavy atom. The molecule has 122 valence electrons. The van der Waals surface area contributed by atoms with Crippen molar-refractivity contribution >= 4 is 33.9 Å². The van der Waals surface area contributed by atoms with Gasteiger partial charge in [0.15, 0.2) is 0 Å². The number of thiophene rings is 1. The summed E-state index contributed by atoms with van der Waals surface area (Å²) >= 11 is 3.28. The van der Waals surface area contributed by atoms with Gasteiger partial charge in [-0.1, -0.05) is 0 Å². The van der Waals surface area contributed by atoms with E-state index in [1.807, 2.05) is 18.3 Å².